The molecule has 1 heterocycles. The molecule has 10 heteroatoms. The minimum absolute atomic E-state index is 0.0254. The van der Waals surface area contributed by atoms with Crippen molar-refractivity contribution < 1.29 is 32.3 Å². The quantitative estimate of drug-likeness (QED) is 0.495. The van der Waals surface area contributed by atoms with Crippen molar-refractivity contribution in [3.63, 3.8) is 0 Å². The van der Waals surface area contributed by atoms with Crippen molar-refractivity contribution in [1.29, 1.82) is 0 Å². The summed E-state index contributed by atoms with van der Waals surface area (Å²) in [7, 11) is 1.03. The SMILES string of the molecule is COC(=O)[C@H](CCCCNC(=O)[C@@H]1N=CC[C@H]1C)NC(=O)C(F)(F)F. The van der Waals surface area contributed by atoms with Crippen LogP contribution < -0.4 is 10.6 Å². The molecule has 0 fully saturated rings. The first-order valence-corrected chi connectivity index (χ1v) is 7.91. The fourth-order valence-electron chi connectivity index (χ4n) is 2.36. The Labute approximate surface area is 143 Å². The molecule has 0 radical (unpaired) electrons. The van der Waals surface area contributed by atoms with E-state index in [2.05, 4.69) is 15.0 Å². The highest BCUT2D eigenvalue weighted by Crippen LogP contribution is 2.17. The van der Waals surface area contributed by atoms with Crippen LogP contribution in [0.5, 0.6) is 0 Å². The average molecular weight is 365 g/mol. The van der Waals surface area contributed by atoms with Gasteiger partial charge in [0.05, 0.1) is 7.11 Å². The molecule has 2 amide bonds. The van der Waals surface area contributed by atoms with Crippen molar-refractivity contribution in [3.05, 3.63) is 0 Å². The average Bonchev–Trinajstić information content (AvgIpc) is 2.97. The van der Waals surface area contributed by atoms with Crippen LogP contribution in [0.25, 0.3) is 0 Å². The van der Waals surface area contributed by atoms with Crippen molar-refractivity contribution in [2.45, 2.75) is 50.9 Å². The number of rotatable bonds is 8. The summed E-state index contributed by atoms with van der Waals surface area (Å²) >= 11 is 0. The first kappa shape index (κ1) is 20.9. The second kappa shape index (κ2) is 9.38. The van der Waals surface area contributed by atoms with Gasteiger partial charge in [0.25, 0.3) is 0 Å². The van der Waals surface area contributed by atoms with Crippen LogP contribution in [0.2, 0.25) is 0 Å². The summed E-state index contributed by atoms with van der Waals surface area (Å²) < 4.78 is 41.2. The van der Waals surface area contributed by atoms with Gasteiger partial charge in [-0.25, -0.2) is 4.79 Å². The monoisotopic (exact) mass is 365 g/mol. The van der Waals surface area contributed by atoms with Crippen LogP contribution in [-0.2, 0) is 19.1 Å². The number of nitrogens with one attached hydrogen (secondary N) is 2. The number of methoxy groups -OCH3 is 1. The van der Waals surface area contributed by atoms with Crippen LogP contribution in [0.1, 0.15) is 32.6 Å². The Morgan fingerprint density at radius 2 is 2.00 bits per heavy atom. The molecule has 0 aliphatic carbocycles. The zero-order valence-corrected chi connectivity index (χ0v) is 14.1. The van der Waals surface area contributed by atoms with E-state index < -0.39 is 30.1 Å². The maximum Gasteiger partial charge on any atom is 0.471 e. The molecule has 142 valence electrons. The number of aliphatic imine (C=N–C) groups is 1. The maximum absolute atomic E-state index is 12.3. The van der Waals surface area contributed by atoms with Crippen LogP contribution in [-0.4, -0.2) is 55.9 Å². The van der Waals surface area contributed by atoms with Gasteiger partial charge in [0, 0.05) is 12.8 Å². The lowest BCUT2D eigenvalue weighted by Crippen LogP contribution is -2.47. The van der Waals surface area contributed by atoms with Gasteiger partial charge >= 0.3 is 18.1 Å². The second-order valence-corrected chi connectivity index (χ2v) is 5.82. The van der Waals surface area contributed by atoms with E-state index in [1.165, 1.54) is 0 Å². The lowest BCUT2D eigenvalue weighted by molar-refractivity contribution is -0.175. The molecule has 1 rings (SSSR count). The maximum atomic E-state index is 12.3. The van der Waals surface area contributed by atoms with Gasteiger partial charge in [0.15, 0.2) is 0 Å². The summed E-state index contributed by atoms with van der Waals surface area (Å²) in [6.07, 6.45) is -1.88. The zero-order valence-electron chi connectivity index (χ0n) is 14.1. The normalized spacial score (nSPS) is 20.8. The molecular formula is C15H22F3N3O4. The first-order chi connectivity index (χ1) is 11.7. The molecule has 0 saturated carbocycles. The fourth-order valence-corrected chi connectivity index (χ4v) is 2.36. The molecule has 0 saturated heterocycles. The summed E-state index contributed by atoms with van der Waals surface area (Å²) in [6.45, 7) is 2.22. The molecule has 0 aromatic rings. The fraction of sp³-hybridized carbons (Fsp3) is 0.733. The number of unbranched alkanes of at least 4 members (excludes halogenated alkanes) is 1. The predicted octanol–water partition coefficient (Wildman–Crippen LogP) is 0.972. The molecule has 0 spiro atoms. The van der Waals surface area contributed by atoms with Crippen LogP contribution in [0.15, 0.2) is 4.99 Å². The van der Waals surface area contributed by atoms with Gasteiger partial charge in [-0.05, 0) is 31.6 Å². The van der Waals surface area contributed by atoms with E-state index in [9.17, 15) is 27.6 Å². The van der Waals surface area contributed by atoms with Crippen molar-refractivity contribution in [1.82, 2.24) is 10.6 Å². The number of esters is 1. The Morgan fingerprint density at radius 3 is 2.52 bits per heavy atom. The van der Waals surface area contributed by atoms with Gasteiger partial charge in [0.1, 0.15) is 12.1 Å². The van der Waals surface area contributed by atoms with Crippen LogP contribution in [0.4, 0.5) is 13.2 Å². The van der Waals surface area contributed by atoms with Crippen molar-refractivity contribution >= 4 is 24.0 Å². The van der Waals surface area contributed by atoms with Gasteiger partial charge < -0.3 is 15.4 Å². The molecule has 0 aromatic carbocycles. The van der Waals surface area contributed by atoms with Crippen molar-refractivity contribution in [2.24, 2.45) is 10.9 Å². The first-order valence-electron chi connectivity index (χ1n) is 7.91. The largest absolute Gasteiger partial charge is 0.471 e. The highest BCUT2D eigenvalue weighted by atomic mass is 19.4. The number of alkyl halides is 3. The smallest absolute Gasteiger partial charge is 0.467 e. The summed E-state index contributed by atoms with van der Waals surface area (Å²) in [4.78, 5) is 38.4. The van der Waals surface area contributed by atoms with Crippen molar-refractivity contribution in [3.8, 4) is 0 Å². The van der Waals surface area contributed by atoms with Gasteiger partial charge in [-0.3, -0.25) is 14.6 Å². The van der Waals surface area contributed by atoms with E-state index in [1.807, 2.05) is 6.92 Å². The standard InChI is InChI=1S/C15H22F3N3O4/c1-9-6-8-19-11(9)12(22)20-7-4-3-5-10(13(23)25-2)21-14(24)15(16,17)18/h8-11H,3-7H2,1-2H3,(H,20,22)(H,21,24)/t9-,10+,11-/m1/s1. The molecule has 2 N–H and O–H groups in total. The van der Waals surface area contributed by atoms with E-state index in [4.69, 9.17) is 0 Å². The number of halogens is 3. The molecule has 0 unspecified atom stereocenters. The predicted molar refractivity (Wildman–Crippen MR) is 82.9 cm³/mol. The molecule has 0 bridgehead atoms. The number of carbonyl (C=O) groups excluding carboxylic acids is 3. The molecular weight excluding hydrogens is 343 g/mol. The number of nitrogens with zero attached hydrogens (tertiary/aromatic N) is 1. The Kier molecular flexibility index (Phi) is 7.85. The Balaban J connectivity index is 2.34. The Hall–Kier alpha value is -2.13. The summed E-state index contributed by atoms with van der Waals surface area (Å²) in [6, 6.07) is -1.79. The molecule has 3 atom stereocenters. The van der Waals surface area contributed by atoms with Gasteiger partial charge in [0.2, 0.25) is 5.91 Å². The van der Waals surface area contributed by atoms with Crippen molar-refractivity contribution in [2.75, 3.05) is 13.7 Å². The minimum atomic E-state index is -5.07. The number of ether oxygens (including phenoxy) is 1. The van der Waals surface area contributed by atoms with Crippen LogP contribution >= 0.6 is 0 Å². The second-order valence-electron chi connectivity index (χ2n) is 5.82. The van der Waals surface area contributed by atoms with E-state index in [1.54, 1.807) is 11.5 Å². The lowest BCUT2D eigenvalue weighted by atomic mass is 10.0. The Bertz CT molecular complexity index is 523. The molecule has 1 aliphatic heterocycles. The topological polar surface area (TPSA) is 96.9 Å². The Morgan fingerprint density at radius 1 is 1.32 bits per heavy atom. The van der Waals surface area contributed by atoms with E-state index in [-0.39, 0.29) is 18.2 Å². The molecule has 1 aliphatic rings. The number of amides is 2. The van der Waals surface area contributed by atoms with E-state index in [0.29, 0.717) is 19.4 Å². The third-order valence-electron chi connectivity index (χ3n) is 3.82. The highest BCUT2D eigenvalue weighted by molar-refractivity contribution is 5.87. The van der Waals surface area contributed by atoms with Crippen LogP contribution in [0, 0.1) is 5.92 Å². The number of hydrogen-bond acceptors (Lipinski definition) is 5. The molecule has 7 nitrogen and oxygen atoms in total. The molecule has 25 heavy (non-hydrogen) atoms. The number of hydrogen-bond donors (Lipinski definition) is 2. The molecule has 0 aromatic heterocycles. The zero-order chi connectivity index (χ0) is 19.0. The van der Waals surface area contributed by atoms with Gasteiger partial charge in [-0.15, -0.1) is 0 Å². The highest BCUT2D eigenvalue weighted by Gasteiger charge is 2.40. The summed E-state index contributed by atoms with van der Waals surface area (Å²) in [5, 5.41) is 4.31. The van der Waals surface area contributed by atoms with Gasteiger partial charge in [-0.1, -0.05) is 6.92 Å². The van der Waals surface area contributed by atoms with E-state index >= 15 is 0 Å². The lowest BCUT2D eigenvalue weighted by Gasteiger charge is -2.17. The third kappa shape index (κ3) is 6.71. The summed E-state index contributed by atoms with van der Waals surface area (Å²) in [5.74, 6) is -3.20. The van der Waals surface area contributed by atoms with E-state index in [0.717, 1.165) is 13.5 Å². The van der Waals surface area contributed by atoms with Gasteiger partial charge in [-0.2, -0.15) is 13.2 Å². The minimum Gasteiger partial charge on any atom is -0.467 e. The summed E-state index contributed by atoms with van der Waals surface area (Å²) in [5.41, 5.74) is 0. The van der Waals surface area contributed by atoms with Crippen LogP contribution in [0.3, 0.4) is 0 Å². The number of carbonyl (C=O) groups is 3. The third-order valence-corrected chi connectivity index (χ3v) is 3.82.